The van der Waals surface area contributed by atoms with Crippen molar-refractivity contribution in [3.05, 3.63) is 12.7 Å². The highest BCUT2D eigenvalue weighted by atomic mass is 16.5. The van der Waals surface area contributed by atoms with Crippen LogP contribution >= 0.6 is 0 Å². The van der Waals surface area contributed by atoms with Gasteiger partial charge in [-0.3, -0.25) is 19.2 Å². The van der Waals surface area contributed by atoms with E-state index < -0.39 is 60.5 Å². The van der Waals surface area contributed by atoms with Crippen LogP contribution in [-0.4, -0.2) is 102 Å². The van der Waals surface area contributed by atoms with Gasteiger partial charge < -0.3 is 30.7 Å². The first-order valence-corrected chi connectivity index (χ1v) is 11.9. The third-order valence-electron chi connectivity index (χ3n) is 5.59. The minimum atomic E-state index is -1.54. The van der Waals surface area contributed by atoms with Gasteiger partial charge in [-0.05, 0) is 26.3 Å². The van der Waals surface area contributed by atoms with Crippen molar-refractivity contribution in [3.63, 3.8) is 0 Å². The molecule has 0 radical (unpaired) electrons. The van der Waals surface area contributed by atoms with Gasteiger partial charge in [0.2, 0.25) is 11.8 Å². The number of hydrogen-bond acceptors (Lipinski definition) is 8. The fourth-order valence-electron chi connectivity index (χ4n) is 3.85. The zero-order chi connectivity index (χ0) is 26.7. The van der Waals surface area contributed by atoms with Gasteiger partial charge in [0.1, 0.15) is 12.6 Å². The molecule has 0 aromatic rings. The maximum atomic E-state index is 13.3. The summed E-state index contributed by atoms with van der Waals surface area (Å²) in [5, 5.41) is 18.5. The van der Waals surface area contributed by atoms with Crippen LogP contribution in [0.25, 0.3) is 0 Å². The van der Waals surface area contributed by atoms with E-state index in [0.717, 1.165) is 9.80 Å². The third kappa shape index (κ3) is 8.03. The van der Waals surface area contributed by atoms with Gasteiger partial charge in [-0.1, -0.05) is 33.3 Å². The topological polar surface area (TPSA) is 157 Å². The SMILES string of the molecule is C=CCNC(=O)C(O)C(CCC)NC(=O)C1CN(CC(=O)OCC)C(=O)N1C(=O)C(NC)C(C)C. The summed E-state index contributed by atoms with van der Waals surface area (Å²) in [6.45, 7) is 10.1. The molecule has 1 saturated heterocycles. The van der Waals surface area contributed by atoms with Crippen LogP contribution in [0.1, 0.15) is 40.5 Å². The Balaban J connectivity index is 3.20. The lowest BCUT2D eigenvalue weighted by Gasteiger charge is -2.29. The van der Waals surface area contributed by atoms with Gasteiger partial charge in [-0.25, -0.2) is 9.69 Å². The second-order valence-electron chi connectivity index (χ2n) is 8.58. The van der Waals surface area contributed by atoms with Gasteiger partial charge in [0.05, 0.1) is 25.2 Å². The van der Waals surface area contributed by atoms with Gasteiger partial charge in [0.15, 0.2) is 6.10 Å². The van der Waals surface area contributed by atoms with Crippen molar-refractivity contribution in [2.24, 2.45) is 5.92 Å². The molecule has 1 rings (SSSR count). The van der Waals surface area contributed by atoms with E-state index in [2.05, 4.69) is 22.5 Å². The molecular formula is C23H39N5O7. The second-order valence-corrected chi connectivity index (χ2v) is 8.58. The minimum Gasteiger partial charge on any atom is -0.465 e. The molecule has 4 N–H and O–H groups in total. The quantitative estimate of drug-likeness (QED) is 0.183. The molecule has 0 bridgehead atoms. The number of carbonyl (C=O) groups excluding carboxylic acids is 5. The number of nitrogens with one attached hydrogen (secondary N) is 3. The molecule has 35 heavy (non-hydrogen) atoms. The van der Waals surface area contributed by atoms with Crippen molar-refractivity contribution in [3.8, 4) is 0 Å². The van der Waals surface area contributed by atoms with Crippen LogP contribution < -0.4 is 16.0 Å². The summed E-state index contributed by atoms with van der Waals surface area (Å²) in [7, 11) is 1.57. The summed E-state index contributed by atoms with van der Waals surface area (Å²) in [5.74, 6) is -2.87. The molecule has 1 heterocycles. The Labute approximate surface area is 206 Å². The van der Waals surface area contributed by atoms with E-state index in [9.17, 15) is 29.1 Å². The molecular weight excluding hydrogens is 458 g/mol. The Kier molecular flexibility index (Phi) is 12.4. The summed E-state index contributed by atoms with van der Waals surface area (Å²) < 4.78 is 4.90. The summed E-state index contributed by atoms with van der Waals surface area (Å²) in [5.41, 5.74) is 0. The standard InChI is InChI=1S/C23H39N5O7/c1-7-10-15(19(30)21(32)25-11-8-2)26-20(31)16-12-27(13-17(29)35-9-3)23(34)28(16)22(33)18(24-6)14(4)5/h8,14-16,18-19,24,30H,2,7,9-13H2,1,3-6H3,(H,25,32)(H,26,31). The highest BCUT2D eigenvalue weighted by Crippen LogP contribution is 2.20. The molecule has 12 heteroatoms. The number of amides is 5. The predicted molar refractivity (Wildman–Crippen MR) is 128 cm³/mol. The number of carbonyl (C=O) groups is 5. The van der Waals surface area contributed by atoms with E-state index in [4.69, 9.17) is 4.74 Å². The highest BCUT2D eigenvalue weighted by Gasteiger charge is 2.48. The average molecular weight is 498 g/mol. The molecule has 0 saturated carbocycles. The fraction of sp³-hybridized carbons (Fsp3) is 0.696. The first kappa shape index (κ1) is 30.0. The van der Waals surface area contributed by atoms with E-state index >= 15 is 0 Å². The zero-order valence-corrected chi connectivity index (χ0v) is 21.2. The third-order valence-corrected chi connectivity index (χ3v) is 5.59. The maximum absolute atomic E-state index is 13.3. The Morgan fingerprint density at radius 2 is 1.91 bits per heavy atom. The van der Waals surface area contributed by atoms with E-state index in [1.54, 1.807) is 27.8 Å². The van der Waals surface area contributed by atoms with Crippen LogP contribution in [0, 0.1) is 5.92 Å². The Morgan fingerprint density at radius 1 is 1.26 bits per heavy atom. The van der Waals surface area contributed by atoms with Gasteiger partial charge in [-0.15, -0.1) is 6.58 Å². The number of likely N-dealkylation sites (N-methyl/N-ethyl adjacent to an activating group) is 1. The van der Waals surface area contributed by atoms with Crippen molar-refractivity contribution in [1.82, 2.24) is 25.8 Å². The molecule has 198 valence electrons. The van der Waals surface area contributed by atoms with Crippen LogP contribution in [0.4, 0.5) is 4.79 Å². The van der Waals surface area contributed by atoms with Crippen molar-refractivity contribution < 1.29 is 33.8 Å². The lowest BCUT2D eigenvalue weighted by molar-refractivity contribution is -0.143. The second kappa shape index (κ2) is 14.4. The molecule has 5 amide bonds. The maximum Gasteiger partial charge on any atom is 0.328 e. The highest BCUT2D eigenvalue weighted by molar-refractivity contribution is 6.05. The monoisotopic (exact) mass is 497 g/mol. The number of rotatable bonds is 14. The summed E-state index contributed by atoms with van der Waals surface area (Å²) in [4.78, 5) is 65.8. The van der Waals surface area contributed by atoms with Crippen LogP contribution in [-0.2, 0) is 23.9 Å². The first-order chi connectivity index (χ1) is 16.5. The molecule has 0 aliphatic carbocycles. The summed E-state index contributed by atoms with van der Waals surface area (Å²) >= 11 is 0. The number of imide groups is 1. The zero-order valence-electron chi connectivity index (χ0n) is 21.2. The number of ether oxygens (including phenoxy) is 1. The first-order valence-electron chi connectivity index (χ1n) is 11.9. The number of hydrogen-bond donors (Lipinski definition) is 4. The molecule has 1 aliphatic heterocycles. The molecule has 4 unspecified atom stereocenters. The smallest absolute Gasteiger partial charge is 0.328 e. The molecule has 4 atom stereocenters. The lowest BCUT2D eigenvalue weighted by atomic mass is 10.0. The van der Waals surface area contributed by atoms with Crippen LogP contribution in [0.2, 0.25) is 0 Å². The number of urea groups is 1. The number of nitrogens with zero attached hydrogens (tertiary/aromatic N) is 2. The minimum absolute atomic E-state index is 0.118. The van der Waals surface area contributed by atoms with Gasteiger partial charge in [0, 0.05) is 6.54 Å². The van der Waals surface area contributed by atoms with E-state index in [-0.39, 0.29) is 32.0 Å². The molecule has 0 aromatic heterocycles. The van der Waals surface area contributed by atoms with Gasteiger partial charge in [0.25, 0.3) is 5.91 Å². The Bertz CT molecular complexity index is 788. The molecule has 0 aromatic carbocycles. The predicted octanol–water partition coefficient (Wildman–Crippen LogP) is -0.626. The fourth-order valence-corrected chi connectivity index (χ4v) is 3.85. The average Bonchev–Trinajstić information content (AvgIpc) is 3.12. The van der Waals surface area contributed by atoms with Crippen LogP contribution in [0.5, 0.6) is 0 Å². The summed E-state index contributed by atoms with van der Waals surface area (Å²) in [6, 6.07) is -3.76. The molecule has 12 nitrogen and oxygen atoms in total. The van der Waals surface area contributed by atoms with Gasteiger partial charge >= 0.3 is 12.0 Å². The number of aliphatic hydroxyl groups is 1. The molecule has 1 aliphatic rings. The molecule has 0 spiro atoms. The van der Waals surface area contributed by atoms with Crippen LogP contribution in [0.3, 0.4) is 0 Å². The van der Waals surface area contributed by atoms with Crippen LogP contribution in [0.15, 0.2) is 12.7 Å². The Morgan fingerprint density at radius 3 is 2.43 bits per heavy atom. The van der Waals surface area contributed by atoms with E-state index in [1.807, 2.05) is 6.92 Å². The number of esters is 1. The van der Waals surface area contributed by atoms with Gasteiger partial charge in [-0.2, -0.15) is 0 Å². The normalized spacial score (nSPS) is 18.1. The van der Waals surface area contributed by atoms with Crippen molar-refractivity contribution in [2.75, 3.05) is 33.3 Å². The van der Waals surface area contributed by atoms with Crippen molar-refractivity contribution in [1.29, 1.82) is 0 Å². The summed E-state index contributed by atoms with van der Waals surface area (Å²) in [6.07, 6.45) is 0.737. The Hall–Kier alpha value is -2.99. The van der Waals surface area contributed by atoms with E-state index in [0.29, 0.717) is 6.42 Å². The lowest BCUT2D eigenvalue weighted by Crippen LogP contribution is -2.58. The number of aliphatic hydroxyl groups excluding tert-OH is 1. The molecule has 1 fully saturated rings. The largest absolute Gasteiger partial charge is 0.465 e. The van der Waals surface area contributed by atoms with Crippen molar-refractivity contribution >= 4 is 29.7 Å². The van der Waals surface area contributed by atoms with Crippen molar-refractivity contribution in [2.45, 2.75) is 64.8 Å². The van der Waals surface area contributed by atoms with E-state index in [1.165, 1.54) is 6.08 Å².